The molecule has 60 heavy (non-hydrogen) atoms. The summed E-state index contributed by atoms with van der Waals surface area (Å²) in [4.78, 5) is 30.9. The Hall–Kier alpha value is -6.66. The van der Waals surface area contributed by atoms with E-state index in [0.717, 1.165) is 44.5 Å². The molecule has 294 valence electrons. The number of aromatic nitrogens is 6. The molecule has 2 aromatic heterocycles. The summed E-state index contributed by atoms with van der Waals surface area (Å²) < 4.78 is 0. The number of rotatable bonds is 9. The molecule has 0 unspecified atom stereocenters. The van der Waals surface area contributed by atoms with E-state index in [9.17, 15) is 0 Å². The van der Waals surface area contributed by atoms with Crippen LogP contribution in [0.5, 0.6) is 0 Å². The molecule has 0 atom stereocenters. The van der Waals surface area contributed by atoms with Crippen LogP contribution in [-0.4, -0.2) is 29.9 Å². The second-order valence-electron chi connectivity index (χ2n) is 16.4. The van der Waals surface area contributed by atoms with Crippen LogP contribution in [0.15, 0.2) is 158 Å². The second kappa shape index (κ2) is 17.3. The zero-order valence-electron chi connectivity index (χ0n) is 33.9. The number of benzene rings is 6. The van der Waals surface area contributed by atoms with Crippen molar-refractivity contribution >= 4 is 0 Å². The van der Waals surface area contributed by atoms with Crippen LogP contribution >= 0.6 is 0 Å². The average molecular weight is 781 g/mol. The fourth-order valence-corrected chi connectivity index (χ4v) is 9.11. The zero-order chi connectivity index (χ0) is 40.1. The van der Waals surface area contributed by atoms with Crippen LogP contribution in [0.1, 0.15) is 87.2 Å². The molecule has 0 bridgehead atoms. The van der Waals surface area contributed by atoms with Gasteiger partial charge in [-0.2, -0.15) is 0 Å². The standard InChI is InChI=1S/C54H48N6/c1-7-19-37(20-8-1)43-31-45(35-47(33-43)53-57-49(39-23-11-3-12-24-39)55-50(58-53)40-25-13-4-14-26-40)46-32-44(38-21-9-2-10-22-38)34-48(36-46)54-59-51(41-27-15-5-16-28-41)56-52(60-54)42-29-17-6-18-30-42/h3-6,11-18,23-38H,1-2,7-10,19-22H2. The minimum Gasteiger partial charge on any atom is -0.208 e. The van der Waals surface area contributed by atoms with Crippen LogP contribution in [0.25, 0.3) is 79.5 Å². The molecule has 0 radical (unpaired) electrons. The lowest BCUT2D eigenvalue weighted by Gasteiger charge is -2.25. The Morgan fingerprint density at radius 3 is 0.783 bits per heavy atom. The van der Waals surface area contributed by atoms with Gasteiger partial charge in [0, 0.05) is 33.4 Å². The Labute approximate surface area is 353 Å². The van der Waals surface area contributed by atoms with E-state index in [2.05, 4.69) is 84.9 Å². The highest BCUT2D eigenvalue weighted by Gasteiger charge is 2.23. The quantitative estimate of drug-likeness (QED) is 0.145. The van der Waals surface area contributed by atoms with Gasteiger partial charge in [0.1, 0.15) is 0 Å². The SMILES string of the molecule is c1ccc(-c2nc(-c3ccccc3)nc(-c3cc(-c4cc(-c5nc(-c6ccccc6)nc(-c6ccccc6)n5)cc(C5CCCCC5)c4)cc(C4CCCCC4)c3)n2)cc1. The Morgan fingerprint density at radius 1 is 0.250 bits per heavy atom. The first-order chi connectivity index (χ1) is 29.7. The summed E-state index contributed by atoms with van der Waals surface area (Å²) in [7, 11) is 0. The van der Waals surface area contributed by atoms with Crippen molar-refractivity contribution in [2.24, 2.45) is 0 Å². The molecule has 6 heteroatoms. The molecule has 0 N–H and O–H groups in total. The lowest BCUT2D eigenvalue weighted by molar-refractivity contribution is 0.443. The van der Waals surface area contributed by atoms with Gasteiger partial charge in [0.25, 0.3) is 0 Å². The summed E-state index contributed by atoms with van der Waals surface area (Å²) in [6.07, 6.45) is 12.3. The molecular weight excluding hydrogens is 733 g/mol. The smallest absolute Gasteiger partial charge is 0.164 e. The number of hydrogen-bond acceptors (Lipinski definition) is 6. The molecule has 2 fully saturated rings. The van der Waals surface area contributed by atoms with Crippen molar-refractivity contribution in [2.75, 3.05) is 0 Å². The van der Waals surface area contributed by atoms with E-state index >= 15 is 0 Å². The van der Waals surface area contributed by atoms with Gasteiger partial charge >= 0.3 is 0 Å². The fourth-order valence-electron chi connectivity index (χ4n) is 9.11. The maximum Gasteiger partial charge on any atom is 0.164 e. The van der Waals surface area contributed by atoms with Crippen LogP contribution in [-0.2, 0) is 0 Å². The average Bonchev–Trinajstić information content (AvgIpc) is 3.35. The van der Waals surface area contributed by atoms with Crippen LogP contribution in [0.4, 0.5) is 0 Å². The van der Waals surface area contributed by atoms with Gasteiger partial charge in [-0.25, -0.2) is 29.9 Å². The molecule has 8 aromatic rings. The van der Waals surface area contributed by atoms with Crippen molar-refractivity contribution in [3.8, 4) is 79.5 Å². The minimum atomic E-state index is 0.480. The van der Waals surface area contributed by atoms with Crippen LogP contribution in [0.2, 0.25) is 0 Å². The van der Waals surface area contributed by atoms with Gasteiger partial charge in [0.05, 0.1) is 0 Å². The Bertz CT molecular complexity index is 2400. The van der Waals surface area contributed by atoms with Gasteiger partial charge in [0.2, 0.25) is 0 Å². The largest absolute Gasteiger partial charge is 0.208 e. The maximum absolute atomic E-state index is 5.20. The molecule has 0 saturated heterocycles. The van der Waals surface area contributed by atoms with Crippen LogP contribution < -0.4 is 0 Å². The third kappa shape index (κ3) is 8.28. The first-order valence-corrected chi connectivity index (χ1v) is 21.8. The molecule has 6 aromatic carbocycles. The third-order valence-corrected chi connectivity index (χ3v) is 12.3. The normalized spacial score (nSPS) is 14.9. The van der Waals surface area contributed by atoms with Gasteiger partial charge < -0.3 is 0 Å². The lowest BCUT2D eigenvalue weighted by atomic mass is 9.81. The highest BCUT2D eigenvalue weighted by molar-refractivity contribution is 5.78. The molecule has 0 aliphatic heterocycles. The number of nitrogens with zero attached hydrogens (tertiary/aromatic N) is 6. The molecule has 2 aliphatic rings. The Balaban J connectivity index is 1.17. The summed E-state index contributed by atoms with van der Waals surface area (Å²) >= 11 is 0. The van der Waals surface area contributed by atoms with Crippen molar-refractivity contribution in [3.63, 3.8) is 0 Å². The number of hydrogen-bond donors (Lipinski definition) is 0. The predicted molar refractivity (Wildman–Crippen MR) is 243 cm³/mol. The van der Waals surface area contributed by atoms with E-state index in [-0.39, 0.29) is 0 Å². The van der Waals surface area contributed by atoms with Gasteiger partial charge in [-0.3, -0.25) is 0 Å². The Kier molecular flexibility index (Phi) is 10.8. The second-order valence-corrected chi connectivity index (χ2v) is 16.4. The first-order valence-electron chi connectivity index (χ1n) is 21.8. The first kappa shape index (κ1) is 37.6. The highest BCUT2D eigenvalue weighted by atomic mass is 15.0. The molecule has 6 nitrogen and oxygen atoms in total. The molecule has 2 saturated carbocycles. The lowest BCUT2D eigenvalue weighted by Crippen LogP contribution is -2.07. The van der Waals surface area contributed by atoms with Gasteiger partial charge in [-0.05, 0) is 84.0 Å². The summed E-state index contributed by atoms with van der Waals surface area (Å²) in [5, 5.41) is 0. The summed E-state index contributed by atoms with van der Waals surface area (Å²) in [5.41, 5.74) is 10.9. The van der Waals surface area contributed by atoms with E-state index in [0.29, 0.717) is 46.8 Å². The topological polar surface area (TPSA) is 77.3 Å². The highest BCUT2D eigenvalue weighted by Crippen LogP contribution is 2.41. The van der Waals surface area contributed by atoms with Crippen LogP contribution in [0.3, 0.4) is 0 Å². The van der Waals surface area contributed by atoms with E-state index in [4.69, 9.17) is 29.9 Å². The summed E-state index contributed by atoms with van der Waals surface area (Å²) in [6.45, 7) is 0. The van der Waals surface area contributed by atoms with Gasteiger partial charge in [0.15, 0.2) is 34.9 Å². The molecular formula is C54H48N6. The fraction of sp³-hybridized carbons (Fsp3) is 0.222. The van der Waals surface area contributed by atoms with Gasteiger partial charge in [-0.15, -0.1) is 0 Å². The van der Waals surface area contributed by atoms with Crippen molar-refractivity contribution in [1.82, 2.24) is 29.9 Å². The molecule has 2 aliphatic carbocycles. The summed E-state index contributed by atoms with van der Waals surface area (Å²) in [5.74, 6) is 5.01. The van der Waals surface area contributed by atoms with Crippen molar-refractivity contribution in [1.29, 1.82) is 0 Å². The van der Waals surface area contributed by atoms with Gasteiger partial charge in [-0.1, -0.05) is 172 Å². The summed E-state index contributed by atoms with van der Waals surface area (Å²) in [6, 6.07) is 55.2. The van der Waals surface area contributed by atoms with Crippen molar-refractivity contribution in [2.45, 2.75) is 76.0 Å². The monoisotopic (exact) mass is 780 g/mol. The van der Waals surface area contributed by atoms with E-state index in [1.54, 1.807) is 0 Å². The predicted octanol–water partition coefficient (Wildman–Crippen LogP) is 13.8. The molecule has 0 spiro atoms. The molecule has 10 rings (SSSR count). The molecule has 2 heterocycles. The van der Waals surface area contributed by atoms with Crippen molar-refractivity contribution < 1.29 is 0 Å². The Morgan fingerprint density at radius 2 is 0.500 bits per heavy atom. The van der Waals surface area contributed by atoms with E-state index in [1.165, 1.54) is 75.3 Å². The van der Waals surface area contributed by atoms with Crippen LogP contribution in [0, 0.1) is 0 Å². The maximum atomic E-state index is 5.20. The minimum absolute atomic E-state index is 0.480. The van der Waals surface area contributed by atoms with E-state index in [1.807, 2.05) is 72.8 Å². The zero-order valence-corrected chi connectivity index (χ0v) is 33.9. The van der Waals surface area contributed by atoms with Crippen molar-refractivity contribution in [3.05, 3.63) is 169 Å². The third-order valence-electron chi connectivity index (χ3n) is 12.3. The van der Waals surface area contributed by atoms with E-state index < -0.39 is 0 Å². The molecule has 0 amide bonds.